The second-order valence-corrected chi connectivity index (χ2v) is 4.70. The summed E-state index contributed by atoms with van der Waals surface area (Å²) in [4.78, 5) is 3.90. The van der Waals surface area contributed by atoms with Gasteiger partial charge in [-0.05, 0) is 31.2 Å². The molecule has 9 heteroatoms. The molecule has 0 aliphatic carbocycles. The number of hydrogen-bond donors (Lipinski definition) is 2. The van der Waals surface area contributed by atoms with Gasteiger partial charge in [-0.3, -0.25) is 0 Å². The maximum Gasteiger partial charge on any atom is 0.417 e. The van der Waals surface area contributed by atoms with Crippen LogP contribution >= 0.6 is 0 Å². The van der Waals surface area contributed by atoms with Crippen LogP contribution in [0.25, 0.3) is 17.3 Å². The highest BCUT2D eigenvalue weighted by atomic mass is 19.4. The molecule has 0 spiro atoms. The molecule has 0 fully saturated rings. The molecule has 1 aromatic heterocycles. The summed E-state index contributed by atoms with van der Waals surface area (Å²) in [5.41, 5.74) is 10.3. The number of aromatic nitrogens is 3. The van der Waals surface area contributed by atoms with E-state index in [1.165, 1.54) is 25.3 Å². The first-order valence-corrected chi connectivity index (χ1v) is 6.42. The van der Waals surface area contributed by atoms with Crippen LogP contribution in [0.4, 0.5) is 19.1 Å². The van der Waals surface area contributed by atoms with Crippen LogP contribution in [0.5, 0.6) is 5.75 Å². The number of hydrogen-bond acceptors (Lipinski definition) is 6. The summed E-state index contributed by atoms with van der Waals surface area (Å²) in [6.45, 7) is 1.57. The molecule has 2 rings (SSSR count). The zero-order valence-electron chi connectivity index (χ0n) is 12.3. The number of rotatable bonds is 3. The zero-order chi connectivity index (χ0) is 17.2. The van der Waals surface area contributed by atoms with Gasteiger partial charge in [0.1, 0.15) is 11.4 Å². The van der Waals surface area contributed by atoms with E-state index in [1.54, 1.807) is 6.92 Å². The van der Waals surface area contributed by atoms with E-state index >= 15 is 0 Å². The number of nitrogens with zero attached hydrogens (tertiary/aromatic N) is 3. The normalized spacial score (nSPS) is 12.3. The molecule has 1 heterocycles. The Labute approximate surface area is 130 Å². The summed E-state index contributed by atoms with van der Waals surface area (Å²) in [6.07, 6.45) is -3.23. The van der Waals surface area contributed by atoms with Crippen molar-refractivity contribution in [3.63, 3.8) is 0 Å². The second-order valence-electron chi connectivity index (χ2n) is 4.70. The number of anilines is 1. The molecule has 0 amide bonds. The molecule has 0 unspecified atom stereocenters. The Balaban J connectivity index is 2.74. The van der Waals surface area contributed by atoms with Crippen LogP contribution in [0.15, 0.2) is 23.9 Å². The lowest BCUT2D eigenvalue weighted by atomic mass is 10.0. The van der Waals surface area contributed by atoms with Crippen LogP contribution in [0, 0.1) is 0 Å². The van der Waals surface area contributed by atoms with E-state index in [0.29, 0.717) is 5.70 Å². The summed E-state index contributed by atoms with van der Waals surface area (Å²) in [5, 5.41) is 7.29. The number of nitrogens with two attached hydrogens (primary N) is 2. The van der Waals surface area contributed by atoms with Crippen molar-refractivity contribution in [1.29, 1.82) is 0 Å². The first-order valence-electron chi connectivity index (χ1n) is 6.42. The molecular formula is C14H14F3N5O. The highest BCUT2D eigenvalue weighted by Gasteiger charge is 2.35. The molecule has 4 N–H and O–H groups in total. The van der Waals surface area contributed by atoms with Gasteiger partial charge in [-0.1, -0.05) is 0 Å². The molecule has 0 atom stereocenters. The van der Waals surface area contributed by atoms with Gasteiger partial charge in [-0.2, -0.15) is 13.2 Å². The largest absolute Gasteiger partial charge is 0.497 e. The summed E-state index contributed by atoms with van der Waals surface area (Å²) in [5.74, 6) is -0.0899. The molecule has 0 saturated carbocycles. The lowest BCUT2D eigenvalue weighted by Crippen LogP contribution is -2.10. The van der Waals surface area contributed by atoms with E-state index in [1.807, 2.05) is 0 Å². The summed E-state index contributed by atoms with van der Waals surface area (Å²) in [7, 11) is 1.28. The van der Waals surface area contributed by atoms with Gasteiger partial charge in [0, 0.05) is 11.3 Å². The van der Waals surface area contributed by atoms with E-state index in [9.17, 15) is 13.2 Å². The minimum absolute atomic E-state index is 0.0704. The molecule has 23 heavy (non-hydrogen) atoms. The van der Waals surface area contributed by atoms with Crippen molar-refractivity contribution in [3.8, 4) is 17.0 Å². The topological polar surface area (TPSA) is 99.9 Å². The highest BCUT2D eigenvalue weighted by molar-refractivity contribution is 5.74. The Morgan fingerprint density at radius 1 is 1.26 bits per heavy atom. The van der Waals surface area contributed by atoms with Gasteiger partial charge in [-0.15, -0.1) is 10.2 Å². The fourth-order valence-electron chi connectivity index (χ4n) is 1.95. The summed E-state index contributed by atoms with van der Waals surface area (Å²) >= 11 is 0. The van der Waals surface area contributed by atoms with Crippen LogP contribution in [0.2, 0.25) is 0 Å². The van der Waals surface area contributed by atoms with Gasteiger partial charge in [0.25, 0.3) is 0 Å². The number of alkyl halides is 3. The third-order valence-electron chi connectivity index (χ3n) is 2.88. The predicted octanol–water partition coefficient (Wildman–Crippen LogP) is 2.47. The molecule has 0 aliphatic rings. The van der Waals surface area contributed by atoms with Gasteiger partial charge in [0.05, 0.1) is 18.4 Å². The second kappa shape index (κ2) is 6.11. The Hall–Kier alpha value is -2.84. The lowest BCUT2D eigenvalue weighted by Gasteiger charge is -2.14. The lowest BCUT2D eigenvalue weighted by molar-refractivity contribution is -0.137. The first kappa shape index (κ1) is 16.5. The molecule has 2 aromatic rings. The minimum atomic E-state index is -4.61. The molecular weight excluding hydrogens is 311 g/mol. The molecule has 1 aromatic carbocycles. The third kappa shape index (κ3) is 3.68. The van der Waals surface area contributed by atoms with Crippen molar-refractivity contribution in [2.45, 2.75) is 13.1 Å². The Morgan fingerprint density at radius 2 is 1.96 bits per heavy atom. The quantitative estimate of drug-likeness (QED) is 0.899. The Morgan fingerprint density at radius 3 is 2.52 bits per heavy atom. The van der Waals surface area contributed by atoms with Crippen LogP contribution in [-0.4, -0.2) is 22.3 Å². The van der Waals surface area contributed by atoms with E-state index < -0.39 is 11.7 Å². The molecule has 6 nitrogen and oxygen atoms in total. The minimum Gasteiger partial charge on any atom is -0.497 e. The standard InChI is InChI=1S/C14H14F3N5O/c1-7(18)5-11-12(21-22-13(19)20-11)9-4-3-8(23-2)6-10(9)14(15,16)17/h3-6H,18H2,1-2H3,(H2,19,20,22). The van der Waals surface area contributed by atoms with Gasteiger partial charge >= 0.3 is 6.18 Å². The SMILES string of the molecule is COc1ccc(-c2nnc(N)nc2C=C(C)N)c(C(F)(F)F)c1. The summed E-state index contributed by atoms with van der Waals surface area (Å²) in [6, 6.07) is 3.52. The average molecular weight is 325 g/mol. The number of allylic oxidation sites excluding steroid dienone is 1. The summed E-state index contributed by atoms with van der Waals surface area (Å²) < 4.78 is 44.9. The van der Waals surface area contributed by atoms with Gasteiger partial charge in [0.2, 0.25) is 5.95 Å². The van der Waals surface area contributed by atoms with Crippen molar-refractivity contribution in [1.82, 2.24) is 15.2 Å². The van der Waals surface area contributed by atoms with Crippen LogP contribution < -0.4 is 16.2 Å². The van der Waals surface area contributed by atoms with Crippen molar-refractivity contribution >= 4 is 12.0 Å². The third-order valence-corrected chi connectivity index (χ3v) is 2.88. The van der Waals surface area contributed by atoms with Crippen molar-refractivity contribution in [2.75, 3.05) is 12.8 Å². The van der Waals surface area contributed by atoms with Gasteiger partial charge in [-0.25, -0.2) is 4.98 Å². The Kier molecular flexibility index (Phi) is 4.39. The van der Waals surface area contributed by atoms with Crippen molar-refractivity contribution in [3.05, 3.63) is 35.2 Å². The van der Waals surface area contributed by atoms with E-state index in [4.69, 9.17) is 16.2 Å². The fraction of sp³-hybridized carbons (Fsp3) is 0.214. The number of benzene rings is 1. The van der Waals surface area contributed by atoms with Gasteiger partial charge < -0.3 is 16.2 Å². The van der Waals surface area contributed by atoms with Gasteiger partial charge in [0.15, 0.2) is 0 Å². The molecule has 0 saturated heterocycles. The molecule has 0 bridgehead atoms. The molecule has 0 aliphatic heterocycles. The average Bonchev–Trinajstić information content (AvgIpc) is 2.45. The number of halogens is 3. The van der Waals surface area contributed by atoms with Crippen molar-refractivity contribution < 1.29 is 17.9 Å². The maximum atomic E-state index is 13.3. The van der Waals surface area contributed by atoms with Crippen LogP contribution in [0.1, 0.15) is 18.2 Å². The monoisotopic (exact) mass is 325 g/mol. The number of methoxy groups -OCH3 is 1. The predicted molar refractivity (Wildman–Crippen MR) is 79.1 cm³/mol. The van der Waals surface area contributed by atoms with Crippen molar-refractivity contribution in [2.24, 2.45) is 5.73 Å². The Bertz CT molecular complexity index is 755. The van der Waals surface area contributed by atoms with E-state index in [2.05, 4.69) is 15.2 Å². The smallest absolute Gasteiger partial charge is 0.417 e. The van der Waals surface area contributed by atoms with E-state index in [0.717, 1.165) is 6.07 Å². The van der Waals surface area contributed by atoms with E-state index in [-0.39, 0.29) is 28.6 Å². The highest BCUT2D eigenvalue weighted by Crippen LogP contribution is 2.39. The molecule has 0 radical (unpaired) electrons. The zero-order valence-corrected chi connectivity index (χ0v) is 12.3. The fourth-order valence-corrected chi connectivity index (χ4v) is 1.95. The van der Waals surface area contributed by atoms with Crippen LogP contribution in [-0.2, 0) is 6.18 Å². The maximum absolute atomic E-state index is 13.3. The molecule has 122 valence electrons. The van der Waals surface area contributed by atoms with Crippen LogP contribution in [0.3, 0.4) is 0 Å². The number of nitrogen functional groups attached to an aromatic ring is 1. The first-order chi connectivity index (χ1) is 10.7. The number of ether oxygens (including phenoxy) is 1.